The quantitative estimate of drug-likeness (QED) is 0.566. The fourth-order valence-electron chi connectivity index (χ4n) is 1.79. The van der Waals surface area contributed by atoms with E-state index in [0.717, 1.165) is 0 Å². The fraction of sp³-hybridized carbons (Fsp3) is 0.273. The first-order valence-electron chi connectivity index (χ1n) is 4.32. The second-order valence-corrected chi connectivity index (χ2v) is 3.36. The highest BCUT2D eigenvalue weighted by Gasteiger charge is 2.31. The lowest BCUT2D eigenvalue weighted by Crippen LogP contribution is -2.04. The molecule has 0 N–H and O–H groups in total. The summed E-state index contributed by atoms with van der Waals surface area (Å²) in [4.78, 5) is 22.7. The minimum Gasteiger partial charge on any atom is -0.294 e. The topological polar surface area (TPSA) is 34.1 Å². The van der Waals surface area contributed by atoms with Gasteiger partial charge in [-0.05, 0) is 6.92 Å². The zero-order valence-electron chi connectivity index (χ0n) is 7.41. The predicted molar refractivity (Wildman–Crippen MR) is 49.1 cm³/mol. The van der Waals surface area contributed by atoms with E-state index in [1.54, 1.807) is 6.92 Å². The summed E-state index contributed by atoms with van der Waals surface area (Å²) in [6.45, 7) is 1.74. The first kappa shape index (κ1) is 8.17. The third-order valence-electron chi connectivity index (χ3n) is 2.53. The average Bonchev–Trinajstić information content (AvgIpc) is 2.63. The second-order valence-electron chi connectivity index (χ2n) is 3.36. The number of hydrogen-bond donors (Lipinski definition) is 0. The van der Waals surface area contributed by atoms with Crippen molar-refractivity contribution in [3.05, 3.63) is 35.5 Å². The van der Waals surface area contributed by atoms with Crippen LogP contribution in [0.4, 0.5) is 0 Å². The zero-order chi connectivity index (χ0) is 9.42. The Hall–Kier alpha value is -1.44. The van der Waals surface area contributed by atoms with E-state index < -0.39 is 0 Å². The molecule has 0 saturated carbocycles. The number of allylic oxidation sites excluding steroid dienone is 6. The van der Waals surface area contributed by atoms with Crippen molar-refractivity contribution in [1.29, 1.82) is 0 Å². The Bertz CT molecular complexity index is 358. The molecule has 0 aromatic rings. The van der Waals surface area contributed by atoms with Gasteiger partial charge < -0.3 is 0 Å². The molecule has 0 aliphatic heterocycles. The van der Waals surface area contributed by atoms with Crippen LogP contribution in [0.5, 0.6) is 0 Å². The number of hydrogen-bond acceptors (Lipinski definition) is 2. The van der Waals surface area contributed by atoms with E-state index in [2.05, 4.69) is 0 Å². The molecule has 0 fully saturated rings. The van der Waals surface area contributed by atoms with Gasteiger partial charge in [-0.2, -0.15) is 0 Å². The van der Waals surface area contributed by atoms with Gasteiger partial charge >= 0.3 is 0 Å². The van der Waals surface area contributed by atoms with E-state index >= 15 is 0 Å². The lowest BCUT2D eigenvalue weighted by atomic mass is 9.97. The molecule has 2 nitrogen and oxygen atoms in total. The van der Waals surface area contributed by atoms with Gasteiger partial charge in [0.25, 0.3) is 0 Å². The van der Waals surface area contributed by atoms with Crippen molar-refractivity contribution in [2.45, 2.75) is 13.3 Å². The van der Waals surface area contributed by atoms with Crippen molar-refractivity contribution in [2.24, 2.45) is 5.92 Å². The molecule has 0 saturated heterocycles. The Morgan fingerprint density at radius 3 is 2.23 bits per heavy atom. The van der Waals surface area contributed by atoms with Gasteiger partial charge in [0.1, 0.15) is 0 Å². The Labute approximate surface area is 76.6 Å². The average molecular weight is 174 g/mol. The van der Waals surface area contributed by atoms with Gasteiger partial charge in [0.15, 0.2) is 11.6 Å². The monoisotopic (exact) mass is 174 g/mol. The van der Waals surface area contributed by atoms with Crippen LogP contribution in [-0.2, 0) is 9.59 Å². The molecule has 0 unspecified atom stereocenters. The summed E-state index contributed by atoms with van der Waals surface area (Å²) in [5.74, 6) is 0.0105. The summed E-state index contributed by atoms with van der Waals surface area (Å²) in [5.41, 5.74) is 1.33. The molecule has 0 heterocycles. The van der Waals surface area contributed by atoms with Crippen LogP contribution in [-0.4, -0.2) is 11.6 Å². The fourth-order valence-corrected chi connectivity index (χ4v) is 1.79. The van der Waals surface area contributed by atoms with Crippen LogP contribution in [0, 0.1) is 5.92 Å². The molecule has 2 aliphatic carbocycles. The third kappa shape index (κ3) is 1.18. The summed E-state index contributed by atoms with van der Waals surface area (Å²) >= 11 is 0. The minimum atomic E-state index is -0.0197. The van der Waals surface area contributed by atoms with Crippen LogP contribution in [0.1, 0.15) is 13.3 Å². The Kier molecular flexibility index (Phi) is 1.76. The van der Waals surface area contributed by atoms with Crippen LogP contribution in [0.3, 0.4) is 0 Å². The molecule has 0 bridgehead atoms. The number of carbonyl (C=O) groups is 2. The highest BCUT2D eigenvalue weighted by molar-refractivity contribution is 6.22. The smallest absolute Gasteiger partial charge is 0.167 e. The standard InChI is InChI=1S/C11H10O2/c1-7-9(12)6-10(13)11(7)8-4-2-3-5-8/h2-5,8H,6H2,1H3. The maximum atomic E-state index is 11.4. The highest BCUT2D eigenvalue weighted by atomic mass is 16.2. The summed E-state index contributed by atoms with van der Waals surface area (Å²) in [7, 11) is 0. The number of Topliss-reactive ketones (excluding diaryl/α,β-unsaturated/α-hetero) is 2. The lowest BCUT2D eigenvalue weighted by molar-refractivity contribution is -0.121. The molecule has 0 aromatic carbocycles. The molecule has 66 valence electrons. The van der Waals surface area contributed by atoms with Crippen molar-refractivity contribution in [3.8, 4) is 0 Å². The maximum absolute atomic E-state index is 11.4. The van der Waals surface area contributed by atoms with Crippen molar-refractivity contribution < 1.29 is 9.59 Å². The Morgan fingerprint density at radius 1 is 1.15 bits per heavy atom. The molecule has 2 heteroatoms. The van der Waals surface area contributed by atoms with Crippen molar-refractivity contribution in [3.63, 3.8) is 0 Å². The molecule has 0 amide bonds. The Balaban J connectivity index is 2.41. The SMILES string of the molecule is CC1=C(C2C=CC=C2)C(=O)CC1=O. The van der Waals surface area contributed by atoms with Crippen LogP contribution < -0.4 is 0 Å². The van der Waals surface area contributed by atoms with Gasteiger partial charge in [-0.1, -0.05) is 24.3 Å². The molecule has 0 spiro atoms. The first-order chi connectivity index (χ1) is 6.20. The van der Waals surface area contributed by atoms with Crippen LogP contribution in [0.15, 0.2) is 35.5 Å². The molecule has 0 atom stereocenters. The van der Waals surface area contributed by atoms with E-state index in [4.69, 9.17) is 0 Å². The number of ketones is 2. The summed E-state index contributed by atoms with van der Waals surface area (Å²) in [5, 5.41) is 0. The Morgan fingerprint density at radius 2 is 1.77 bits per heavy atom. The zero-order valence-corrected chi connectivity index (χ0v) is 7.41. The van der Waals surface area contributed by atoms with Gasteiger partial charge in [0.05, 0.1) is 6.42 Å². The van der Waals surface area contributed by atoms with Crippen molar-refractivity contribution in [2.75, 3.05) is 0 Å². The van der Waals surface area contributed by atoms with E-state index in [1.807, 2.05) is 24.3 Å². The molecule has 2 rings (SSSR count). The summed E-state index contributed by atoms with van der Waals surface area (Å²) in [6, 6.07) is 0. The van der Waals surface area contributed by atoms with Gasteiger partial charge in [-0.3, -0.25) is 9.59 Å². The van der Waals surface area contributed by atoms with E-state index in [9.17, 15) is 9.59 Å². The molecule has 0 radical (unpaired) electrons. The normalized spacial score (nSPS) is 22.5. The van der Waals surface area contributed by atoms with Crippen LogP contribution in [0.2, 0.25) is 0 Å². The summed E-state index contributed by atoms with van der Waals surface area (Å²) in [6.07, 6.45) is 7.76. The van der Waals surface area contributed by atoms with Crippen molar-refractivity contribution >= 4 is 11.6 Å². The van der Waals surface area contributed by atoms with Gasteiger partial charge in [-0.25, -0.2) is 0 Å². The minimum absolute atomic E-state index is 0.0105. The second kappa shape index (κ2) is 2.80. The molecule has 0 aromatic heterocycles. The predicted octanol–water partition coefficient (Wildman–Crippen LogP) is 1.59. The molecule has 13 heavy (non-hydrogen) atoms. The summed E-state index contributed by atoms with van der Waals surface area (Å²) < 4.78 is 0. The third-order valence-corrected chi connectivity index (χ3v) is 2.53. The van der Waals surface area contributed by atoms with E-state index in [1.165, 1.54) is 0 Å². The van der Waals surface area contributed by atoms with Gasteiger partial charge in [0.2, 0.25) is 0 Å². The first-order valence-corrected chi connectivity index (χ1v) is 4.32. The maximum Gasteiger partial charge on any atom is 0.167 e. The van der Waals surface area contributed by atoms with Gasteiger partial charge in [0, 0.05) is 17.1 Å². The van der Waals surface area contributed by atoms with Crippen LogP contribution >= 0.6 is 0 Å². The van der Waals surface area contributed by atoms with E-state index in [0.29, 0.717) is 11.1 Å². The largest absolute Gasteiger partial charge is 0.294 e. The molecule has 2 aliphatic rings. The van der Waals surface area contributed by atoms with Crippen LogP contribution in [0.25, 0.3) is 0 Å². The lowest BCUT2D eigenvalue weighted by Gasteiger charge is -2.05. The molecular weight excluding hydrogens is 164 g/mol. The van der Waals surface area contributed by atoms with Gasteiger partial charge in [-0.15, -0.1) is 0 Å². The van der Waals surface area contributed by atoms with E-state index in [-0.39, 0.29) is 23.9 Å². The molecular formula is C11H10O2. The number of rotatable bonds is 1. The highest BCUT2D eigenvalue weighted by Crippen LogP contribution is 2.29. The van der Waals surface area contributed by atoms with Crippen molar-refractivity contribution in [1.82, 2.24) is 0 Å². The number of carbonyl (C=O) groups excluding carboxylic acids is 2.